The van der Waals surface area contributed by atoms with E-state index in [-0.39, 0.29) is 5.78 Å². The lowest BCUT2D eigenvalue weighted by Gasteiger charge is -1.99. The quantitative estimate of drug-likeness (QED) is 0.643. The van der Waals surface area contributed by atoms with Crippen LogP contribution < -0.4 is 0 Å². The Kier molecular flexibility index (Phi) is 2.88. The van der Waals surface area contributed by atoms with Crippen molar-refractivity contribution in [1.82, 2.24) is 4.57 Å². The second kappa shape index (κ2) is 4.56. The summed E-state index contributed by atoms with van der Waals surface area (Å²) in [5.74, 6) is 0.0357. The summed E-state index contributed by atoms with van der Waals surface area (Å²) in [5.41, 5.74) is 2.37. The van der Waals surface area contributed by atoms with Crippen molar-refractivity contribution in [1.29, 1.82) is 0 Å². The minimum Gasteiger partial charge on any atom is -0.350 e. The highest BCUT2D eigenvalue weighted by Crippen LogP contribution is 2.25. The molecule has 0 aliphatic carbocycles. The maximum Gasteiger partial charge on any atom is 0.195 e. The van der Waals surface area contributed by atoms with Gasteiger partial charge in [0.05, 0.1) is 0 Å². The van der Waals surface area contributed by atoms with Gasteiger partial charge in [0.2, 0.25) is 0 Å². The number of hydrogen-bond acceptors (Lipinski definition) is 1. The Labute approximate surface area is 116 Å². The minimum atomic E-state index is 0.0357. The lowest BCUT2D eigenvalue weighted by atomic mass is 10.0. The molecule has 0 N–H and O–H groups in total. The van der Waals surface area contributed by atoms with E-state index in [2.05, 4.69) is 0 Å². The lowest BCUT2D eigenvalue weighted by molar-refractivity contribution is 0.104. The van der Waals surface area contributed by atoms with Crippen LogP contribution in [0.15, 0.2) is 54.7 Å². The largest absolute Gasteiger partial charge is 0.350 e. The zero-order valence-electron chi connectivity index (χ0n) is 10.4. The van der Waals surface area contributed by atoms with Gasteiger partial charge >= 0.3 is 0 Å². The highest BCUT2D eigenvalue weighted by molar-refractivity contribution is 6.31. The monoisotopic (exact) mass is 269 g/mol. The predicted octanol–water partition coefficient (Wildman–Crippen LogP) is 4.06. The standard InChI is InChI=1S/C16H12ClNO/c1-18-10-14(13-8-7-12(17)9-15(13)18)16(19)11-5-3-2-4-6-11/h2-10H,1H3. The smallest absolute Gasteiger partial charge is 0.195 e. The van der Waals surface area contributed by atoms with Gasteiger partial charge in [-0.1, -0.05) is 48.0 Å². The van der Waals surface area contributed by atoms with Crippen LogP contribution in [-0.2, 0) is 7.05 Å². The molecule has 3 heteroatoms. The highest BCUT2D eigenvalue weighted by Gasteiger charge is 2.15. The molecular formula is C16H12ClNO. The van der Waals surface area contributed by atoms with Gasteiger partial charge in [-0.25, -0.2) is 0 Å². The van der Waals surface area contributed by atoms with Gasteiger partial charge in [0.1, 0.15) is 0 Å². The number of ketones is 1. The van der Waals surface area contributed by atoms with Gasteiger partial charge in [-0.3, -0.25) is 4.79 Å². The van der Waals surface area contributed by atoms with Crippen molar-refractivity contribution in [2.75, 3.05) is 0 Å². The number of hydrogen-bond donors (Lipinski definition) is 0. The molecule has 0 amide bonds. The van der Waals surface area contributed by atoms with E-state index in [4.69, 9.17) is 11.6 Å². The van der Waals surface area contributed by atoms with Crippen molar-refractivity contribution in [2.45, 2.75) is 0 Å². The number of carbonyl (C=O) groups is 1. The van der Waals surface area contributed by atoms with Gasteiger partial charge in [-0.15, -0.1) is 0 Å². The SMILES string of the molecule is Cn1cc(C(=O)c2ccccc2)c2ccc(Cl)cc21. The second-order valence-electron chi connectivity index (χ2n) is 4.51. The third-order valence-electron chi connectivity index (χ3n) is 3.23. The normalized spacial score (nSPS) is 10.8. The Bertz CT molecular complexity index is 759. The fourth-order valence-electron chi connectivity index (χ4n) is 2.28. The molecule has 0 aliphatic heterocycles. The van der Waals surface area contributed by atoms with E-state index in [1.807, 2.05) is 66.3 Å². The number of nitrogens with zero attached hydrogens (tertiary/aromatic N) is 1. The van der Waals surface area contributed by atoms with Crippen LogP contribution in [0.1, 0.15) is 15.9 Å². The maximum atomic E-state index is 12.5. The number of carbonyl (C=O) groups excluding carboxylic acids is 1. The zero-order valence-corrected chi connectivity index (χ0v) is 11.2. The maximum absolute atomic E-state index is 12.5. The van der Waals surface area contributed by atoms with Crippen molar-refractivity contribution in [3.8, 4) is 0 Å². The van der Waals surface area contributed by atoms with Crippen LogP contribution in [0.2, 0.25) is 5.02 Å². The molecule has 2 nitrogen and oxygen atoms in total. The molecule has 2 aromatic carbocycles. The fraction of sp³-hybridized carbons (Fsp3) is 0.0625. The molecule has 0 radical (unpaired) electrons. The molecule has 0 atom stereocenters. The van der Waals surface area contributed by atoms with E-state index in [0.29, 0.717) is 16.1 Å². The first kappa shape index (κ1) is 12.0. The Morgan fingerprint density at radius 2 is 1.84 bits per heavy atom. The Hall–Kier alpha value is -2.06. The van der Waals surface area contributed by atoms with Gasteiger partial charge < -0.3 is 4.57 Å². The number of aromatic nitrogens is 1. The van der Waals surface area contributed by atoms with Crippen LogP contribution in [0.3, 0.4) is 0 Å². The first-order chi connectivity index (χ1) is 9.16. The van der Waals surface area contributed by atoms with Gasteiger partial charge in [-0.2, -0.15) is 0 Å². The van der Waals surface area contributed by atoms with E-state index < -0.39 is 0 Å². The highest BCUT2D eigenvalue weighted by atomic mass is 35.5. The number of halogens is 1. The molecular weight excluding hydrogens is 258 g/mol. The van der Waals surface area contributed by atoms with Crippen molar-refractivity contribution in [3.05, 3.63) is 70.9 Å². The Morgan fingerprint density at radius 1 is 1.11 bits per heavy atom. The van der Waals surface area contributed by atoms with Crippen LogP contribution in [0.25, 0.3) is 10.9 Å². The average molecular weight is 270 g/mol. The predicted molar refractivity (Wildman–Crippen MR) is 77.8 cm³/mol. The summed E-state index contributed by atoms with van der Waals surface area (Å²) >= 11 is 6.00. The van der Waals surface area contributed by atoms with Crippen LogP contribution in [-0.4, -0.2) is 10.4 Å². The Balaban J connectivity index is 2.19. The van der Waals surface area contributed by atoms with E-state index in [0.717, 1.165) is 10.9 Å². The average Bonchev–Trinajstić information content (AvgIpc) is 2.76. The topological polar surface area (TPSA) is 22.0 Å². The molecule has 0 aliphatic rings. The van der Waals surface area contributed by atoms with Crippen molar-refractivity contribution in [3.63, 3.8) is 0 Å². The number of fused-ring (bicyclic) bond motifs is 1. The van der Waals surface area contributed by atoms with Gasteiger partial charge in [-0.05, 0) is 12.1 Å². The molecule has 1 aromatic heterocycles. The van der Waals surface area contributed by atoms with E-state index >= 15 is 0 Å². The van der Waals surface area contributed by atoms with E-state index in [9.17, 15) is 4.79 Å². The molecule has 1 heterocycles. The number of rotatable bonds is 2. The van der Waals surface area contributed by atoms with Gasteiger partial charge in [0.15, 0.2) is 5.78 Å². The zero-order chi connectivity index (χ0) is 13.4. The fourth-order valence-corrected chi connectivity index (χ4v) is 2.45. The van der Waals surface area contributed by atoms with Gasteiger partial charge in [0.25, 0.3) is 0 Å². The van der Waals surface area contributed by atoms with E-state index in [1.54, 1.807) is 0 Å². The minimum absolute atomic E-state index is 0.0357. The second-order valence-corrected chi connectivity index (χ2v) is 4.95. The first-order valence-corrected chi connectivity index (χ1v) is 6.39. The lowest BCUT2D eigenvalue weighted by Crippen LogP contribution is -1.99. The Morgan fingerprint density at radius 3 is 2.58 bits per heavy atom. The van der Waals surface area contributed by atoms with Crippen molar-refractivity contribution in [2.24, 2.45) is 7.05 Å². The molecule has 3 aromatic rings. The molecule has 0 bridgehead atoms. The molecule has 0 fully saturated rings. The molecule has 0 saturated heterocycles. The van der Waals surface area contributed by atoms with Gasteiger partial charge in [0, 0.05) is 40.3 Å². The molecule has 3 rings (SSSR count). The van der Waals surface area contributed by atoms with Crippen LogP contribution in [0, 0.1) is 0 Å². The third kappa shape index (κ3) is 2.04. The molecule has 19 heavy (non-hydrogen) atoms. The first-order valence-electron chi connectivity index (χ1n) is 6.01. The van der Waals surface area contributed by atoms with Crippen molar-refractivity contribution < 1.29 is 4.79 Å². The summed E-state index contributed by atoms with van der Waals surface area (Å²) in [7, 11) is 1.92. The van der Waals surface area contributed by atoms with Crippen molar-refractivity contribution >= 4 is 28.3 Å². The van der Waals surface area contributed by atoms with Crippen LogP contribution in [0.4, 0.5) is 0 Å². The third-order valence-corrected chi connectivity index (χ3v) is 3.47. The van der Waals surface area contributed by atoms with Crippen LogP contribution >= 0.6 is 11.6 Å². The summed E-state index contributed by atoms with van der Waals surface area (Å²) in [4.78, 5) is 12.5. The summed E-state index contributed by atoms with van der Waals surface area (Å²) in [6.45, 7) is 0. The summed E-state index contributed by atoms with van der Waals surface area (Å²) in [6, 6.07) is 14.9. The summed E-state index contributed by atoms with van der Waals surface area (Å²) in [5, 5.41) is 1.60. The summed E-state index contributed by atoms with van der Waals surface area (Å²) in [6.07, 6.45) is 1.86. The van der Waals surface area contributed by atoms with E-state index in [1.165, 1.54) is 0 Å². The molecule has 0 spiro atoms. The molecule has 94 valence electrons. The number of aryl methyl sites for hydroxylation is 1. The van der Waals surface area contributed by atoms with Crippen LogP contribution in [0.5, 0.6) is 0 Å². The number of benzene rings is 2. The summed E-state index contributed by atoms with van der Waals surface area (Å²) < 4.78 is 1.93. The molecule has 0 unspecified atom stereocenters. The molecule has 0 saturated carbocycles.